The lowest BCUT2D eigenvalue weighted by atomic mass is 9.88. The van der Waals surface area contributed by atoms with E-state index < -0.39 is 5.92 Å². The molecule has 2 aliphatic rings. The lowest BCUT2D eigenvalue weighted by Gasteiger charge is -2.40. The summed E-state index contributed by atoms with van der Waals surface area (Å²) >= 11 is 0. The van der Waals surface area contributed by atoms with E-state index in [1.54, 1.807) is 0 Å². The van der Waals surface area contributed by atoms with Crippen LogP contribution in [0.5, 0.6) is 0 Å². The van der Waals surface area contributed by atoms with Gasteiger partial charge in [0.25, 0.3) is 0 Å². The molecule has 0 amide bonds. The van der Waals surface area contributed by atoms with E-state index in [0.29, 0.717) is 11.4 Å². The van der Waals surface area contributed by atoms with Crippen molar-refractivity contribution in [3.05, 3.63) is 58.7 Å². The summed E-state index contributed by atoms with van der Waals surface area (Å²) in [4.78, 5) is 0. The molecule has 0 atom stereocenters. The van der Waals surface area contributed by atoms with Gasteiger partial charge in [-0.2, -0.15) is 10.1 Å². The van der Waals surface area contributed by atoms with Crippen molar-refractivity contribution in [2.45, 2.75) is 5.92 Å². The number of benzene rings is 1. The Labute approximate surface area is 144 Å². The summed E-state index contributed by atoms with van der Waals surface area (Å²) in [5.74, 6) is -0.668. The molecule has 2 heterocycles. The van der Waals surface area contributed by atoms with Crippen molar-refractivity contribution in [3.8, 4) is 0 Å². The molecule has 0 spiro atoms. The van der Waals surface area contributed by atoms with Gasteiger partial charge in [0.15, 0.2) is 0 Å². The number of hydroxylamine groups is 8. The Balaban J connectivity index is 2.15. The third-order valence-corrected chi connectivity index (χ3v) is 4.19. The fraction of sp³-hybridized carbons (Fsp3) is 0.333. The van der Waals surface area contributed by atoms with Crippen molar-refractivity contribution in [1.29, 1.82) is 0 Å². The molecule has 0 radical (unpaired) electrons. The fourth-order valence-corrected chi connectivity index (χ4v) is 3.21. The van der Waals surface area contributed by atoms with Crippen molar-refractivity contribution < 1.29 is 20.8 Å². The van der Waals surface area contributed by atoms with Crippen molar-refractivity contribution >= 4 is 0 Å². The number of nitrogens with two attached hydrogens (primary N) is 2. The third-order valence-electron chi connectivity index (χ3n) is 4.19. The van der Waals surface area contributed by atoms with E-state index in [4.69, 9.17) is 11.5 Å². The van der Waals surface area contributed by atoms with E-state index in [1.807, 2.05) is 30.3 Å². The van der Waals surface area contributed by atoms with Gasteiger partial charge in [-0.3, -0.25) is 10.4 Å². The van der Waals surface area contributed by atoms with Crippen molar-refractivity contribution in [2.24, 2.45) is 11.5 Å². The number of hydrogen-bond acceptors (Lipinski definition) is 10. The van der Waals surface area contributed by atoms with E-state index in [-0.39, 0.29) is 37.8 Å². The van der Waals surface area contributed by atoms with Gasteiger partial charge in [-0.25, -0.2) is 10.1 Å². The van der Waals surface area contributed by atoms with Gasteiger partial charge in [-0.1, -0.05) is 30.3 Å². The van der Waals surface area contributed by atoms with Crippen LogP contribution in [0.25, 0.3) is 0 Å². The molecule has 0 saturated carbocycles. The van der Waals surface area contributed by atoms with Crippen LogP contribution >= 0.6 is 0 Å². The predicted molar refractivity (Wildman–Crippen MR) is 85.6 cm³/mol. The minimum Gasteiger partial charge on any atom is -0.399 e. The molecule has 8 N–H and O–H groups in total. The maximum atomic E-state index is 10.4. The molecule has 136 valence electrons. The Kier molecular flexibility index (Phi) is 4.81. The van der Waals surface area contributed by atoms with Crippen LogP contribution in [0.4, 0.5) is 0 Å². The summed E-state index contributed by atoms with van der Waals surface area (Å²) in [7, 11) is 0. The van der Waals surface area contributed by atoms with E-state index in [9.17, 15) is 20.8 Å². The van der Waals surface area contributed by atoms with Gasteiger partial charge in [0, 0.05) is 11.4 Å². The molecule has 0 aromatic heterocycles. The maximum absolute atomic E-state index is 10.4. The summed E-state index contributed by atoms with van der Waals surface area (Å²) in [6.45, 7) is -0.241. The first-order valence-electron chi connectivity index (χ1n) is 7.71. The van der Waals surface area contributed by atoms with Crippen LogP contribution in [-0.4, -0.2) is 67.5 Å². The average molecular weight is 350 g/mol. The molecule has 25 heavy (non-hydrogen) atoms. The van der Waals surface area contributed by atoms with Gasteiger partial charge >= 0.3 is 0 Å². The molecule has 3 rings (SSSR count). The topological polar surface area (TPSA) is 146 Å². The molecule has 0 unspecified atom stereocenters. The minimum absolute atomic E-state index is 0.0421. The van der Waals surface area contributed by atoms with Gasteiger partial charge in [0.1, 0.15) is 13.3 Å². The molecule has 2 aliphatic heterocycles. The van der Waals surface area contributed by atoms with Crippen LogP contribution in [0.15, 0.2) is 53.1 Å². The van der Waals surface area contributed by atoms with E-state index in [0.717, 1.165) is 25.8 Å². The number of rotatable bonds is 3. The normalized spacial score (nSPS) is 20.8. The van der Waals surface area contributed by atoms with Gasteiger partial charge in [0.2, 0.25) is 0 Å². The zero-order valence-electron chi connectivity index (χ0n) is 13.5. The summed E-state index contributed by atoms with van der Waals surface area (Å²) in [6, 6.07) is 9.13. The first-order chi connectivity index (χ1) is 11.9. The van der Waals surface area contributed by atoms with Crippen LogP contribution in [0.1, 0.15) is 11.5 Å². The molecule has 0 aliphatic carbocycles. The van der Waals surface area contributed by atoms with Crippen LogP contribution in [0.2, 0.25) is 0 Å². The summed E-state index contributed by atoms with van der Waals surface area (Å²) in [5, 5.41) is 43.4. The zero-order chi connectivity index (χ0) is 18.1. The number of hydrogen-bond donors (Lipinski definition) is 6. The highest BCUT2D eigenvalue weighted by molar-refractivity contribution is 5.41. The van der Waals surface area contributed by atoms with Gasteiger partial charge in [0.05, 0.1) is 30.4 Å². The largest absolute Gasteiger partial charge is 0.399 e. The molecule has 1 aromatic rings. The average Bonchev–Trinajstić information content (AvgIpc) is 2.52. The van der Waals surface area contributed by atoms with Gasteiger partial charge in [-0.15, -0.1) is 0 Å². The maximum Gasteiger partial charge on any atom is 0.121 e. The SMILES string of the molecule is NC1=C(C(C2=C(N)CN(O)CN2O)c2ccccc2)N(O)CN(O)C1. The van der Waals surface area contributed by atoms with E-state index >= 15 is 0 Å². The standard InChI is InChI=1S/C15H22N6O4/c16-11-6-18(22)8-20(24)14(11)13(10-4-2-1-3-5-10)15-12(17)7-19(23)9-21(15)25/h1-5,13,22-25H,6-9,16-17H2. The molecule has 0 bridgehead atoms. The highest BCUT2D eigenvalue weighted by Gasteiger charge is 2.37. The number of nitrogens with zero attached hydrogens (tertiary/aromatic N) is 4. The summed E-state index contributed by atoms with van der Waals surface area (Å²) < 4.78 is 0. The molecule has 10 nitrogen and oxygen atoms in total. The quantitative estimate of drug-likeness (QED) is 0.434. The van der Waals surface area contributed by atoms with E-state index in [2.05, 4.69) is 0 Å². The zero-order valence-corrected chi connectivity index (χ0v) is 13.5. The Morgan fingerprint density at radius 3 is 1.60 bits per heavy atom. The first-order valence-corrected chi connectivity index (χ1v) is 7.71. The molecule has 0 fully saturated rings. The first kappa shape index (κ1) is 17.5. The molecule has 0 saturated heterocycles. The van der Waals surface area contributed by atoms with Crippen LogP contribution < -0.4 is 11.5 Å². The second-order valence-corrected chi connectivity index (χ2v) is 6.08. The predicted octanol–water partition coefficient (Wildman–Crippen LogP) is -0.182. The van der Waals surface area contributed by atoms with E-state index in [1.165, 1.54) is 0 Å². The Morgan fingerprint density at radius 2 is 1.20 bits per heavy atom. The minimum atomic E-state index is -0.668. The second kappa shape index (κ2) is 6.88. The second-order valence-electron chi connectivity index (χ2n) is 6.08. The van der Waals surface area contributed by atoms with Crippen molar-refractivity contribution in [2.75, 3.05) is 26.4 Å². The molecule has 10 heteroatoms. The van der Waals surface area contributed by atoms with Crippen LogP contribution in [0, 0.1) is 0 Å². The lowest BCUT2D eigenvalue weighted by molar-refractivity contribution is -0.206. The lowest BCUT2D eigenvalue weighted by Crippen LogP contribution is -2.48. The third kappa shape index (κ3) is 3.39. The Hall–Kier alpha value is -2.34. The molecular weight excluding hydrogens is 328 g/mol. The van der Waals surface area contributed by atoms with Crippen molar-refractivity contribution in [3.63, 3.8) is 0 Å². The fourth-order valence-electron chi connectivity index (χ4n) is 3.21. The Morgan fingerprint density at radius 1 is 0.760 bits per heavy atom. The Bertz CT molecular complexity index is 655. The summed E-state index contributed by atoms with van der Waals surface area (Å²) in [6.07, 6.45) is 0. The molecule has 1 aromatic carbocycles. The smallest absolute Gasteiger partial charge is 0.121 e. The van der Waals surface area contributed by atoms with Gasteiger partial charge < -0.3 is 21.9 Å². The highest BCUT2D eigenvalue weighted by atomic mass is 16.6. The van der Waals surface area contributed by atoms with Gasteiger partial charge in [-0.05, 0) is 5.56 Å². The van der Waals surface area contributed by atoms with Crippen molar-refractivity contribution in [1.82, 2.24) is 20.3 Å². The highest BCUT2D eigenvalue weighted by Crippen LogP contribution is 2.38. The summed E-state index contributed by atoms with van der Waals surface area (Å²) in [5.41, 5.74) is 14.0. The van der Waals surface area contributed by atoms with Crippen LogP contribution in [-0.2, 0) is 0 Å². The molecular formula is C15H22N6O4. The van der Waals surface area contributed by atoms with Crippen LogP contribution in [0.3, 0.4) is 0 Å². The monoisotopic (exact) mass is 350 g/mol.